The smallest absolute Gasteiger partial charge is 0.328 e. The molecule has 1 aromatic rings. The van der Waals surface area contributed by atoms with Gasteiger partial charge >= 0.3 is 5.97 Å². The van der Waals surface area contributed by atoms with Crippen LogP contribution in [-0.4, -0.2) is 49.1 Å². The summed E-state index contributed by atoms with van der Waals surface area (Å²) >= 11 is 0. The van der Waals surface area contributed by atoms with E-state index in [1.165, 1.54) is 21.1 Å². The fourth-order valence-electron chi connectivity index (χ4n) is 2.33. The molecule has 25 heavy (non-hydrogen) atoms. The maximum Gasteiger partial charge on any atom is 0.328 e. The average Bonchev–Trinajstić information content (AvgIpc) is 2.58. The third kappa shape index (κ3) is 6.06. The second-order valence-electron chi connectivity index (χ2n) is 5.88. The predicted molar refractivity (Wildman–Crippen MR) is 90.9 cm³/mol. The van der Waals surface area contributed by atoms with Crippen LogP contribution in [0.3, 0.4) is 0 Å². The van der Waals surface area contributed by atoms with E-state index in [4.69, 9.17) is 9.47 Å². The summed E-state index contributed by atoms with van der Waals surface area (Å²) in [7, 11) is 2.72. The number of hydrogen-bond donors (Lipinski definition) is 2. The molecule has 0 aliphatic heterocycles. The van der Waals surface area contributed by atoms with E-state index in [-0.39, 0.29) is 18.2 Å². The van der Waals surface area contributed by atoms with Gasteiger partial charge in [0.25, 0.3) is 0 Å². The molecule has 2 N–H and O–H groups in total. The minimum absolute atomic E-state index is 0.143. The highest BCUT2D eigenvalue weighted by atomic mass is 16.5. The van der Waals surface area contributed by atoms with Gasteiger partial charge in [0, 0.05) is 25.1 Å². The van der Waals surface area contributed by atoms with Crippen molar-refractivity contribution >= 4 is 17.8 Å². The van der Waals surface area contributed by atoms with E-state index in [1.807, 2.05) is 0 Å². The summed E-state index contributed by atoms with van der Waals surface area (Å²) in [6, 6.07) is 1.79. The largest absolute Gasteiger partial charge is 0.481 e. The molecule has 0 aromatic carbocycles. The average molecular weight is 351 g/mol. The number of ether oxygens (including phenoxy) is 2. The molecule has 0 aliphatic carbocycles. The predicted octanol–water partition coefficient (Wildman–Crippen LogP) is 0.451. The van der Waals surface area contributed by atoms with Crippen LogP contribution in [-0.2, 0) is 25.5 Å². The van der Waals surface area contributed by atoms with Gasteiger partial charge in [0.1, 0.15) is 12.1 Å². The molecule has 0 fully saturated rings. The van der Waals surface area contributed by atoms with Crippen LogP contribution in [0, 0.1) is 5.92 Å². The number of nitrogens with one attached hydrogen (secondary N) is 2. The lowest BCUT2D eigenvalue weighted by atomic mass is 10.0. The molecule has 0 aliphatic rings. The zero-order valence-corrected chi connectivity index (χ0v) is 15.2. The van der Waals surface area contributed by atoms with Crippen LogP contribution in [0.15, 0.2) is 18.3 Å². The van der Waals surface area contributed by atoms with Crippen molar-refractivity contribution in [2.24, 2.45) is 5.92 Å². The Morgan fingerprint density at radius 2 is 1.88 bits per heavy atom. The monoisotopic (exact) mass is 351 g/mol. The van der Waals surface area contributed by atoms with Crippen LogP contribution >= 0.6 is 0 Å². The molecule has 8 heteroatoms. The van der Waals surface area contributed by atoms with Gasteiger partial charge in [0.05, 0.1) is 14.2 Å². The van der Waals surface area contributed by atoms with Crippen molar-refractivity contribution in [1.82, 2.24) is 15.6 Å². The molecule has 1 aromatic heterocycles. The van der Waals surface area contributed by atoms with Gasteiger partial charge < -0.3 is 20.1 Å². The molecule has 0 radical (unpaired) electrons. The Morgan fingerprint density at radius 1 is 1.20 bits per heavy atom. The molecule has 1 heterocycles. The van der Waals surface area contributed by atoms with Crippen molar-refractivity contribution in [3.63, 3.8) is 0 Å². The number of methoxy groups -OCH3 is 2. The van der Waals surface area contributed by atoms with Crippen LogP contribution in [0.4, 0.5) is 0 Å². The quantitative estimate of drug-likeness (QED) is 0.659. The summed E-state index contributed by atoms with van der Waals surface area (Å²) < 4.78 is 9.95. The first kappa shape index (κ1) is 20.4. The lowest BCUT2D eigenvalue weighted by Crippen LogP contribution is -2.54. The Kier molecular flexibility index (Phi) is 7.84. The summed E-state index contributed by atoms with van der Waals surface area (Å²) in [6.45, 7) is 4.94. The number of carbonyl (C=O) groups excluding carboxylic acids is 3. The van der Waals surface area contributed by atoms with Crippen LogP contribution in [0.1, 0.15) is 26.3 Å². The lowest BCUT2D eigenvalue weighted by molar-refractivity contribution is -0.145. The topological polar surface area (TPSA) is 107 Å². The van der Waals surface area contributed by atoms with Crippen molar-refractivity contribution in [1.29, 1.82) is 0 Å². The van der Waals surface area contributed by atoms with Crippen molar-refractivity contribution in [2.45, 2.75) is 39.3 Å². The van der Waals surface area contributed by atoms with Gasteiger partial charge in [-0.3, -0.25) is 9.59 Å². The van der Waals surface area contributed by atoms with Crippen molar-refractivity contribution in [3.8, 4) is 5.88 Å². The van der Waals surface area contributed by atoms with Gasteiger partial charge in [0.15, 0.2) is 0 Å². The molecule has 0 saturated heterocycles. The highest BCUT2D eigenvalue weighted by Crippen LogP contribution is 2.16. The minimum Gasteiger partial charge on any atom is -0.481 e. The number of rotatable bonds is 8. The standard InChI is InChI=1S/C17H25N3O5/c1-10(2)14(19-11(3)21)15(22)20-13(17(23)25-5)9-12-7-6-8-18-16(12)24-4/h6-8,10,13-14H,9H2,1-5H3,(H,19,21)(H,20,22)/t13-,14+/m0/s1. The summed E-state index contributed by atoms with van der Waals surface area (Å²) in [5.41, 5.74) is 0.654. The van der Waals surface area contributed by atoms with E-state index >= 15 is 0 Å². The lowest BCUT2D eigenvalue weighted by Gasteiger charge is -2.24. The fourth-order valence-corrected chi connectivity index (χ4v) is 2.33. The third-order valence-corrected chi connectivity index (χ3v) is 3.58. The number of carbonyl (C=O) groups is 3. The van der Waals surface area contributed by atoms with Crippen LogP contribution in [0.2, 0.25) is 0 Å². The van der Waals surface area contributed by atoms with Gasteiger partial charge in [-0.1, -0.05) is 19.9 Å². The molecule has 8 nitrogen and oxygen atoms in total. The van der Waals surface area contributed by atoms with Crippen molar-refractivity contribution < 1.29 is 23.9 Å². The van der Waals surface area contributed by atoms with Gasteiger partial charge in [-0.05, 0) is 12.0 Å². The number of pyridine rings is 1. The molecule has 138 valence electrons. The second kappa shape index (κ2) is 9.61. The molecule has 2 amide bonds. The maximum absolute atomic E-state index is 12.5. The molecular formula is C17H25N3O5. The maximum atomic E-state index is 12.5. The normalized spacial score (nSPS) is 12.9. The van der Waals surface area contributed by atoms with E-state index in [2.05, 4.69) is 15.6 Å². The Balaban J connectivity index is 2.97. The minimum atomic E-state index is -0.925. The highest BCUT2D eigenvalue weighted by Gasteiger charge is 2.29. The van der Waals surface area contributed by atoms with Gasteiger partial charge in [0.2, 0.25) is 17.7 Å². The van der Waals surface area contributed by atoms with E-state index in [9.17, 15) is 14.4 Å². The van der Waals surface area contributed by atoms with E-state index in [0.717, 1.165) is 0 Å². The third-order valence-electron chi connectivity index (χ3n) is 3.58. The molecular weight excluding hydrogens is 326 g/mol. The molecule has 1 rings (SSSR count). The first-order valence-electron chi connectivity index (χ1n) is 7.93. The summed E-state index contributed by atoms with van der Waals surface area (Å²) in [6.07, 6.45) is 1.72. The van der Waals surface area contributed by atoms with Crippen LogP contribution in [0.25, 0.3) is 0 Å². The Bertz CT molecular complexity index is 618. The first-order valence-corrected chi connectivity index (χ1v) is 7.93. The molecule has 0 spiro atoms. The molecule has 0 saturated carbocycles. The van der Waals surface area contributed by atoms with E-state index < -0.39 is 24.0 Å². The van der Waals surface area contributed by atoms with Crippen LogP contribution in [0.5, 0.6) is 5.88 Å². The summed E-state index contributed by atoms with van der Waals surface area (Å²) in [5, 5.41) is 5.23. The number of esters is 1. The van der Waals surface area contributed by atoms with E-state index in [0.29, 0.717) is 11.4 Å². The van der Waals surface area contributed by atoms with Crippen LogP contribution < -0.4 is 15.4 Å². The summed E-state index contributed by atoms with van der Waals surface area (Å²) in [5.74, 6) is -1.14. The highest BCUT2D eigenvalue weighted by molar-refractivity contribution is 5.90. The zero-order valence-electron chi connectivity index (χ0n) is 15.2. The molecule has 0 unspecified atom stereocenters. The number of aromatic nitrogens is 1. The number of nitrogens with zero attached hydrogens (tertiary/aromatic N) is 1. The van der Waals surface area contributed by atoms with Crippen molar-refractivity contribution in [3.05, 3.63) is 23.9 Å². The van der Waals surface area contributed by atoms with E-state index in [1.54, 1.807) is 32.2 Å². The first-order chi connectivity index (χ1) is 11.8. The molecule has 2 atom stereocenters. The SMILES string of the molecule is COC(=O)[C@H](Cc1cccnc1OC)NC(=O)[C@H](NC(C)=O)C(C)C. The Hall–Kier alpha value is -2.64. The second-order valence-corrected chi connectivity index (χ2v) is 5.88. The Labute approximate surface area is 147 Å². The molecule has 0 bridgehead atoms. The number of hydrogen-bond acceptors (Lipinski definition) is 6. The summed E-state index contributed by atoms with van der Waals surface area (Å²) in [4.78, 5) is 40.0. The van der Waals surface area contributed by atoms with Gasteiger partial charge in [-0.2, -0.15) is 0 Å². The zero-order chi connectivity index (χ0) is 19.0. The Morgan fingerprint density at radius 3 is 2.40 bits per heavy atom. The van der Waals surface area contributed by atoms with Crippen molar-refractivity contribution in [2.75, 3.05) is 14.2 Å². The number of amides is 2. The van der Waals surface area contributed by atoms with Gasteiger partial charge in [-0.15, -0.1) is 0 Å². The fraction of sp³-hybridized carbons (Fsp3) is 0.529. The van der Waals surface area contributed by atoms with Gasteiger partial charge in [-0.25, -0.2) is 9.78 Å².